The summed E-state index contributed by atoms with van der Waals surface area (Å²) in [4.78, 5) is -0.0314. The van der Waals surface area contributed by atoms with Gasteiger partial charge in [-0.15, -0.1) is 10.2 Å². The maximum atomic E-state index is 12.9. The van der Waals surface area contributed by atoms with E-state index in [4.69, 9.17) is 0 Å². The summed E-state index contributed by atoms with van der Waals surface area (Å²) in [6.07, 6.45) is 1.47. The second-order valence-electron chi connectivity index (χ2n) is 3.76. The highest BCUT2D eigenvalue weighted by molar-refractivity contribution is 9.10. The molecule has 2 aromatic rings. The molecule has 0 spiro atoms. The van der Waals surface area contributed by atoms with Crippen LogP contribution in [-0.4, -0.2) is 23.2 Å². The molecule has 0 atom stereocenters. The van der Waals surface area contributed by atoms with Crippen molar-refractivity contribution in [3.05, 3.63) is 40.6 Å². The zero-order chi connectivity index (χ0) is 14.0. The number of benzene rings is 1. The number of sulfonamides is 1. The molecule has 19 heavy (non-hydrogen) atoms. The zero-order valence-electron chi connectivity index (χ0n) is 9.84. The molecular formula is C10H10BrFN4O2S. The maximum Gasteiger partial charge on any atom is 0.242 e. The molecule has 2 rings (SSSR count). The predicted octanol–water partition coefficient (Wildman–Crippen LogP) is 1.20. The van der Waals surface area contributed by atoms with Gasteiger partial charge in [0.1, 0.15) is 18.0 Å². The van der Waals surface area contributed by atoms with Gasteiger partial charge in [0.2, 0.25) is 10.0 Å². The SMILES string of the molecule is Cn1cnnc1CNS(=O)(=O)c1ccc(F)cc1Br. The van der Waals surface area contributed by atoms with Gasteiger partial charge in [0.05, 0.1) is 11.4 Å². The van der Waals surface area contributed by atoms with Crippen LogP contribution in [0.15, 0.2) is 33.9 Å². The monoisotopic (exact) mass is 348 g/mol. The predicted molar refractivity (Wildman–Crippen MR) is 69.1 cm³/mol. The standard InChI is InChI=1S/C10H10BrFN4O2S/c1-16-6-13-15-10(16)5-14-19(17,18)9-3-2-7(12)4-8(9)11/h2-4,6,14H,5H2,1H3. The average molecular weight is 349 g/mol. The molecule has 1 heterocycles. The van der Waals surface area contributed by atoms with E-state index in [1.54, 1.807) is 11.6 Å². The van der Waals surface area contributed by atoms with Gasteiger partial charge in [-0.1, -0.05) is 0 Å². The Morgan fingerprint density at radius 1 is 1.47 bits per heavy atom. The van der Waals surface area contributed by atoms with Crippen LogP contribution in [0.25, 0.3) is 0 Å². The largest absolute Gasteiger partial charge is 0.320 e. The van der Waals surface area contributed by atoms with Crippen LogP contribution < -0.4 is 4.72 Å². The molecule has 0 fully saturated rings. The van der Waals surface area contributed by atoms with Gasteiger partial charge in [-0.2, -0.15) is 0 Å². The summed E-state index contributed by atoms with van der Waals surface area (Å²) in [5.41, 5.74) is 0. The van der Waals surface area contributed by atoms with Crippen LogP contribution >= 0.6 is 15.9 Å². The van der Waals surface area contributed by atoms with E-state index < -0.39 is 15.8 Å². The van der Waals surface area contributed by atoms with Crippen LogP contribution in [-0.2, 0) is 23.6 Å². The van der Waals surface area contributed by atoms with E-state index in [9.17, 15) is 12.8 Å². The van der Waals surface area contributed by atoms with Crippen molar-refractivity contribution in [3.63, 3.8) is 0 Å². The van der Waals surface area contributed by atoms with Crippen molar-refractivity contribution in [2.75, 3.05) is 0 Å². The van der Waals surface area contributed by atoms with E-state index in [2.05, 4.69) is 30.8 Å². The van der Waals surface area contributed by atoms with Crippen LogP contribution in [0.4, 0.5) is 4.39 Å². The Morgan fingerprint density at radius 3 is 2.79 bits per heavy atom. The smallest absolute Gasteiger partial charge is 0.242 e. The molecule has 0 saturated carbocycles. The molecule has 1 aromatic heterocycles. The molecule has 6 nitrogen and oxygen atoms in total. The first kappa shape index (κ1) is 14.1. The first-order valence-corrected chi connectivity index (χ1v) is 7.45. The quantitative estimate of drug-likeness (QED) is 0.900. The van der Waals surface area contributed by atoms with E-state index >= 15 is 0 Å². The summed E-state index contributed by atoms with van der Waals surface area (Å²) in [7, 11) is -2.04. The molecule has 102 valence electrons. The van der Waals surface area contributed by atoms with Crippen molar-refractivity contribution in [2.45, 2.75) is 11.4 Å². The van der Waals surface area contributed by atoms with Gasteiger partial charge in [-0.25, -0.2) is 17.5 Å². The highest BCUT2D eigenvalue weighted by Gasteiger charge is 2.18. The number of hydrogen-bond donors (Lipinski definition) is 1. The lowest BCUT2D eigenvalue weighted by atomic mass is 10.3. The molecule has 0 aliphatic carbocycles. The number of hydrogen-bond acceptors (Lipinski definition) is 4. The molecule has 0 amide bonds. The Kier molecular flexibility index (Phi) is 3.97. The fourth-order valence-corrected chi connectivity index (χ4v) is 3.43. The van der Waals surface area contributed by atoms with E-state index in [-0.39, 0.29) is 15.9 Å². The van der Waals surface area contributed by atoms with Gasteiger partial charge >= 0.3 is 0 Å². The van der Waals surface area contributed by atoms with E-state index in [0.717, 1.165) is 12.1 Å². The third-order valence-corrected chi connectivity index (χ3v) is 4.79. The number of rotatable bonds is 4. The second kappa shape index (κ2) is 5.35. The average Bonchev–Trinajstić information content (AvgIpc) is 2.72. The molecule has 9 heteroatoms. The third-order valence-electron chi connectivity index (χ3n) is 2.41. The van der Waals surface area contributed by atoms with E-state index in [1.165, 1.54) is 12.4 Å². The van der Waals surface area contributed by atoms with Gasteiger partial charge in [-0.05, 0) is 34.1 Å². The van der Waals surface area contributed by atoms with E-state index in [0.29, 0.717) is 5.82 Å². The Hall–Kier alpha value is -1.32. The topological polar surface area (TPSA) is 76.9 Å². The van der Waals surface area contributed by atoms with Crippen molar-refractivity contribution in [3.8, 4) is 0 Å². The fourth-order valence-electron chi connectivity index (χ4n) is 1.40. The summed E-state index contributed by atoms with van der Waals surface area (Å²) >= 11 is 3.02. The van der Waals surface area contributed by atoms with Crippen molar-refractivity contribution in [1.82, 2.24) is 19.5 Å². The Labute approximate surface area is 117 Å². The lowest BCUT2D eigenvalue weighted by molar-refractivity contribution is 0.576. The normalized spacial score (nSPS) is 11.7. The Balaban J connectivity index is 2.21. The number of aromatic nitrogens is 3. The highest BCUT2D eigenvalue weighted by atomic mass is 79.9. The lowest BCUT2D eigenvalue weighted by Gasteiger charge is -2.08. The summed E-state index contributed by atoms with van der Waals surface area (Å²) in [5, 5.41) is 7.41. The molecule has 1 N–H and O–H groups in total. The zero-order valence-corrected chi connectivity index (χ0v) is 12.2. The third kappa shape index (κ3) is 3.17. The molecule has 0 saturated heterocycles. The molecule has 0 unspecified atom stereocenters. The molecular weight excluding hydrogens is 339 g/mol. The molecule has 0 radical (unpaired) electrons. The van der Waals surface area contributed by atoms with Gasteiger partial charge in [-0.3, -0.25) is 0 Å². The van der Waals surface area contributed by atoms with E-state index in [1.807, 2.05) is 0 Å². The first-order valence-electron chi connectivity index (χ1n) is 5.18. The van der Waals surface area contributed by atoms with Crippen molar-refractivity contribution in [2.24, 2.45) is 7.05 Å². The van der Waals surface area contributed by atoms with Crippen LogP contribution in [0.2, 0.25) is 0 Å². The van der Waals surface area contributed by atoms with Crippen LogP contribution in [0, 0.1) is 5.82 Å². The van der Waals surface area contributed by atoms with Crippen LogP contribution in [0.1, 0.15) is 5.82 Å². The number of nitrogens with zero attached hydrogens (tertiary/aromatic N) is 3. The molecule has 0 bridgehead atoms. The van der Waals surface area contributed by atoms with Gasteiger partial charge < -0.3 is 4.57 Å². The van der Waals surface area contributed by atoms with Crippen LogP contribution in [0.3, 0.4) is 0 Å². The first-order chi connectivity index (χ1) is 8.90. The highest BCUT2D eigenvalue weighted by Crippen LogP contribution is 2.22. The maximum absolute atomic E-state index is 12.9. The minimum absolute atomic E-state index is 0.00263. The van der Waals surface area contributed by atoms with Gasteiger partial charge in [0, 0.05) is 11.5 Å². The van der Waals surface area contributed by atoms with Gasteiger partial charge in [0.15, 0.2) is 0 Å². The molecule has 0 aliphatic rings. The van der Waals surface area contributed by atoms with Gasteiger partial charge in [0.25, 0.3) is 0 Å². The number of halogens is 2. The molecule has 0 aliphatic heterocycles. The Morgan fingerprint density at radius 2 is 2.21 bits per heavy atom. The summed E-state index contributed by atoms with van der Waals surface area (Å²) in [6, 6.07) is 3.37. The second-order valence-corrected chi connectivity index (χ2v) is 6.35. The summed E-state index contributed by atoms with van der Waals surface area (Å²) in [6.45, 7) is 0.00263. The lowest BCUT2D eigenvalue weighted by Crippen LogP contribution is -2.25. The Bertz CT molecular complexity index is 701. The minimum atomic E-state index is -3.75. The number of aryl methyl sites for hydroxylation is 1. The fraction of sp³-hybridized carbons (Fsp3) is 0.200. The molecule has 1 aromatic carbocycles. The van der Waals surface area contributed by atoms with Crippen molar-refractivity contribution < 1.29 is 12.8 Å². The minimum Gasteiger partial charge on any atom is -0.320 e. The van der Waals surface area contributed by atoms with Crippen molar-refractivity contribution in [1.29, 1.82) is 0 Å². The summed E-state index contributed by atoms with van der Waals surface area (Å²) < 4.78 is 41.2. The summed E-state index contributed by atoms with van der Waals surface area (Å²) in [5.74, 6) is -0.0408. The van der Waals surface area contributed by atoms with Crippen LogP contribution in [0.5, 0.6) is 0 Å². The number of nitrogens with one attached hydrogen (secondary N) is 1. The van der Waals surface area contributed by atoms with Crippen molar-refractivity contribution >= 4 is 26.0 Å².